The number of fused-ring (bicyclic) bond motifs is 1. The molecule has 0 saturated heterocycles. The number of hydrogen-bond acceptors (Lipinski definition) is 2. The van der Waals surface area contributed by atoms with Gasteiger partial charge in [-0.15, -0.1) is 0 Å². The molecule has 1 heterocycles. The Kier molecular flexibility index (Phi) is 2.44. The molecule has 4 heteroatoms. The second kappa shape index (κ2) is 3.62. The molecule has 2 N–H and O–H groups in total. The Hall–Kier alpha value is -1.42. The molecule has 0 radical (unpaired) electrons. The average Bonchev–Trinajstić information content (AvgIpc) is 2.61. The van der Waals surface area contributed by atoms with Crippen molar-refractivity contribution in [2.45, 2.75) is 19.4 Å². The molecule has 0 bridgehead atoms. The van der Waals surface area contributed by atoms with E-state index in [2.05, 4.69) is 0 Å². The molecule has 1 atom stereocenters. The zero-order valence-electron chi connectivity index (χ0n) is 8.26. The minimum absolute atomic E-state index is 0.122. The third kappa shape index (κ3) is 1.72. The smallest absolute Gasteiger partial charge is 0.169 e. The number of halogens is 2. The van der Waals surface area contributed by atoms with E-state index >= 15 is 0 Å². The molecule has 0 saturated carbocycles. The van der Waals surface area contributed by atoms with Crippen LogP contribution in [0.5, 0.6) is 0 Å². The van der Waals surface area contributed by atoms with Gasteiger partial charge in [0, 0.05) is 11.6 Å². The van der Waals surface area contributed by atoms with E-state index in [0.29, 0.717) is 17.6 Å². The Morgan fingerprint density at radius 2 is 2.20 bits per heavy atom. The fraction of sp³-hybridized carbons (Fsp3) is 0.273. The standard InChI is InChI=1S/C11H11F2NO/c1-6(14)4-7-5-9(12)10(13)8-2-3-15-11(7)8/h2-3,5-6H,4,14H2,1H3. The molecule has 0 aliphatic rings. The Morgan fingerprint density at radius 1 is 1.47 bits per heavy atom. The summed E-state index contributed by atoms with van der Waals surface area (Å²) in [6.07, 6.45) is 1.80. The minimum atomic E-state index is -0.868. The van der Waals surface area contributed by atoms with Crippen LogP contribution in [0.15, 0.2) is 22.8 Å². The van der Waals surface area contributed by atoms with Gasteiger partial charge in [-0.25, -0.2) is 8.78 Å². The fourth-order valence-corrected chi connectivity index (χ4v) is 1.64. The number of nitrogens with two attached hydrogens (primary N) is 1. The first-order valence-corrected chi connectivity index (χ1v) is 4.69. The predicted octanol–water partition coefficient (Wildman–Crippen LogP) is 2.60. The van der Waals surface area contributed by atoms with Crippen molar-refractivity contribution in [3.05, 3.63) is 35.6 Å². The summed E-state index contributed by atoms with van der Waals surface area (Å²) in [4.78, 5) is 0. The molecule has 1 unspecified atom stereocenters. The van der Waals surface area contributed by atoms with Gasteiger partial charge >= 0.3 is 0 Å². The van der Waals surface area contributed by atoms with Gasteiger partial charge < -0.3 is 10.2 Å². The summed E-state index contributed by atoms with van der Waals surface area (Å²) in [5.74, 6) is -1.73. The molecule has 2 rings (SSSR count). The molecular weight excluding hydrogens is 200 g/mol. The van der Waals surface area contributed by atoms with Crippen molar-refractivity contribution in [1.29, 1.82) is 0 Å². The SMILES string of the molecule is CC(N)Cc1cc(F)c(F)c2ccoc12. The summed E-state index contributed by atoms with van der Waals surface area (Å²) in [6, 6.07) is 2.44. The number of hydrogen-bond donors (Lipinski definition) is 1. The van der Waals surface area contributed by atoms with Crippen molar-refractivity contribution >= 4 is 11.0 Å². The quantitative estimate of drug-likeness (QED) is 0.829. The highest BCUT2D eigenvalue weighted by Crippen LogP contribution is 2.26. The molecule has 15 heavy (non-hydrogen) atoms. The van der Waals surface area contributed by atoms with Crippen LogP contribution < -0.4 is 5.73 Å². The number of furan rings is 1. The Morgan fingerprint density at radius 3 is 2.87 bits per heavy atom. The van der Waals surface area contributed by atoms with Gasteiger partial charge in [0.25, 0.3) is 0 Å². The lowest BCUT2D eigenvalue weighted by atomic mass is 10.0. The van der Waals surface area contributed by atoms with Gasteiger partial charge in [-0.05, 0) is 25.5 Å². The van der Waals surface area contributed by atoms with Crippen molar-refractivity contribution in [3.63, 3.8) is 0 Å². The van der Waals surface area contributed by atoms with Crippen LogP contribution in [0.25, 0.3) is 11.0 Å². The summed E-state index contributed by atoms with van der Waals surface area (Å²) in [6.45, 7) is 1.80. The van der Waals surface area contributed by atoms with Gasteiger partial charge in [0.05, 0.1) is 11.6 Å². The predicted molar refractivity (Wildman–Crippen MR) is 53.5 cm³/mol. The summed E-state index contributed by atoms with van der Waals surface area (Å²) in [5, 5.41) is 0.172. The first-order chi connectivity index (χ1) is 7.09. The van der Waals surface area contributed by atoms with Gasteiger partial charge in [0.15, 0.2) is 11.6 Å². The van der Waals surface area contributed by atoms with E-state index in [0.717, 1.165) is 6.07 Å². The molecule has 2 nitrogen and oxygen atoms in total. The molecular formula is C11H11F2NO. The molecule has 0 aliphatic heterocycles. The van der Waals surface area contributed by atoms with Gasteiger partial charge in [-0.1, -0.05) is 0 Å². The maximum atomic E-state index is 13.3. The molecule has 80 valence electrons. The Bertz CT molecular complexity index is 491. The molecule has 0 spiro atoms. The van der Waals surface area contributed by atoms with Gasteiger partial charge in [-0.2, -0.15) is 0 Å². The van der Waals surface area contributed by atoms with Gasteiger partial charge in [0.2, 0.25) is 0 Å². The molecule has 0 fully saturated rings. The normalized spacial score (nSPS) is 13.3. The first-order valence-electron chi connectivity index (χ1n) is 4.69. The van der Waals surface area contributed by atoms with Crippen LogP contribution in [0, 0.1) is 11.6 Å². The van der Waals surface area contributed by atoms with Crippen LogP contribution in [-0.2, 0) is 6.42 Å². The van der Waals surface area contributed by atoms with Crippen molar-refractivity contribution in [1.82, 2.24) is 0 Å². The monoisotopic (exact) mass is 211 g/mol. The van der Waals surface area contributed by atoms with Crippen LogP contribution in [0.2, 0.25) is 0 Å². The van der Waals surface area contributed by atoms with E-state index in [1.54, 1.807) is 6.92 Å². The zero-order valence-corrected chi connectivity index (χ0v) is 8.26. The molecule has 1 aromatic heterocycles. The van der Waals surface area contributed by atoms with Crippen LogP contribution in [0.4, 0.5) is 8.78 Å². The average molecular weight is 211 g/mol. The van der Waals surface area contributed by atoms with Gasteiger partial charge in [-0.3, -0.25) is 0 Å². The summed E-state index contributed by atoms with van der Waals surface area (Å²) < 4.78 is 31.6. The first kappa shape index (κ1) is 10.1. The van der Waals surface area contributed by atoms with E-state index in [-0.39, 0.29) is 11.4 Å². The van der Waals surface area contributed by atoms with Crippen LogP contribution in [0.1, 0.15) is 12.5 Å². The lowest BCUT2D eigenvalue weighted by molar-refractivity contribution is 0.512. The van der Waals surface area contributed by atoms with Crippen molar-refractivity contribution in [2.24, 2.45) is 5.73 Å². The number of rotatable bonds is 2. The Balaban J connectivity index is 2.63. The summed E-state index contributed by atoms with van der Waals surface area (Å²) in [5.41, 5.74) is 6.60. The second-order valence-electron chi connectivity index (χ2n) is 3.68. The topological polar surface area (TPSA) is 39.2 Å². The van der Waals surface area contributed by atoms with Gasteiger partial charge in [0.1, 0.15) is 5.58 Å². The summed E-state index contributed by atoms with van der Waals surface area (Å²) >= 11 is 0. The zero-order chi connectivity index (χ0) is 11.0. The minimum Gasteiger partial charge on any atom is -0.464 e. The van der Waals surface area contributed by atoms with Crippen LogP contribution in [-0.4, -0.2) is 6.04 Å². The van der Waals surface area contributed by atoms with E-state index in [1.165, 1.54) is 12.3 Å². The lowest BCUT2D eigenvalue weighted by Crippen LogP contribution is -2.18. The van der Waals surface area contributed by atoms with E-state index < -0.39 is 11.6 Å². The van der Waals surface area contributed by atoms with Crippen molar-refractivity contribution < 1.29 is 13.2 Å². The molecule has 1 aromatic carbocycles. The lowest BCUT2D eigenvalue weighted by Gasteiger charge is -2.06. The molecule has 0 aliphatic carbocycles. The third-order valence-corrected chi connectivity index (χ3v) is 2.25. The van der Waals surface area contributed by atoms with Crippen LogP contribution >= 0.6 is 0 Å². The molecule has 0 amide bonds. The fourth-order valence-electron chi connectivity index (χ4n) is 1.64. The van der Waals surface area contributed by atoms with E-state index in [4.69, 9.17) is 10.2 Å². The maximum absolute atomic E-state index is 13.3. The highest BCUT2D eigenvalue weighted by Gasteiger charge is 2.15. The van der Waals surface area contributed by atoms with E-state index in [9.17, 15) is 8.78 Å². The molecule has 2 aromatic rings. The van der Waals surface area contributed by atoms with Crippen molar-refractivity contribution in [3.8, 4) is 0 Å². The van der Waals surface area contributed by atoms with Crippen LogP contribution in [0.3, 0.4) is 0 Å². The number of benzene rings is 1. The third-order valence-electron chi connectivity index (χ3n) is 2.25. The van der Waals surface area contributed by atoms with Crippen molar-refractivity contribution in [2.75, 3.05) is 0 Å². The second-order valence-corrected chi connectivity index (χ2v) is 3.68. The Labute approximate surface area is 85.7 Å². The highest BCUT2D eigenvalue weighted by molar-refractivity contribution is 5.81. The summed E-state index contributed by atoms with van der Waals surface area (Å²) in [7, 11) is 0. The van der Waals surface area contributed by atoms with E-state index in [1.807, 2.05) is 0 Å². The largest absolute Gasteiger partial charge is 0.464 e. The maximum Gasteiger partial charge on any atom is 0.169 e. The highest BCUT2D eigenvalue weighted by atomic mass is 19.2.